The lowest BCUT2D eigenvalue weighted by molar-refractivity contribution is 0.586. The van der Waals surface area contributed by atoms with E-state index >= 15 is 0 Å². The van der Waals surface area contributed by atoms with Gasteiger partial charge in [0.05, 0.1) is 18.5 Å². The van der Waals surface area contributed by atoms with Crippen LogP contribution in [-0.2, 0) is 16.4 Å². The van der Waals surface area contributed by atoms with E-state index in [2.05, 4.69) is 5.10 Å². The fraction of sp³-hybridized carbons (Fsp3) is 0.250. The summed E-state index contributed by atoms with van der Waals surface area (Å²) in [5.74, 6) is 0.0817. The lowest BCUT2D eigenvalue weighted by Crippen LogP contribution is -2.11. The minimum atomic E-state index is -2.97. The van der Waals surface area contributed by atoms with Crippen molar-refractivity contribution in [1.82, 2.24) is 9.78 Å². The lowest BCUT2D eigenvalue weighted by Gasteiger charge is -2.01. The quantitative estimate of drug-likeness (QED) is 0.842. The molecule has 0 fully saturated rings. The summed E-state index contributed by atoms with van der Waals surface area (Å²) in [4.78, 5) is 0. The molecule has 1 heterocycles. The van der Waals surface area contributed by atoms with Crippen molar-refractivity contribution in [3.8, 4) is 11.1 Å². The molecular formula is C12H15N3O2S. The number of nitrogens with two attached hydrogens (primary N) is 1. The topological polar surface area (TPSA) is 78.0 Å². The van der Waals surface area contributed by atoms with Crippen LogP contribution in [0.25, 0.3) is 11.1 Å². The van der Waals surface area contributed by atoms with Gasteiger partial charge in [-0.05, 0) is 6.07 Å². The highest BCUT2D eigenvalue weighted by Crippen LogP contribution is 2.24. The molecule has 0 bridgehead atoms. The SMILES string of the molecule is CS(=O)(=O)CCn1cc(-c2ccccc2N)cn1. The molecule has 0 unspecified atom stereocenters. The molecule has 18 heavy (non-hydrogen) atoms. The standard InChI is InChI=1S/C12H15N3O2S/c1-18(16,17)7-6-15-9-10(8-14-15)11-4-2-3-5-12(11)13/h2-5,8-9H,6-7,13H2,1H3. The van der Waals surface area contributed by atoms with Crippen molar-refractivity contribution in [1.29, 1.82) is 0 Å². The van der Waals surface area contributed by atoms with Crippen LogP contribution in [0.5, 0.6) is 0 Å². The van der Waals surface area contributed by atoms with Crippen LogP contribution in [0.4, 0.5) is 5.69 Å². The summed E-state index contributed by atoms with van der Waals surface area (Å²) in [6.45, 7) is 0.353. The monoisotopic (exact) mass is 265 g/mol. The second-order valence-electron chi connectivity index (χ2n) is 4.21. The number of benzene rings is 1. The first-order chi connectivity index (χ1) is 8.46. The number of sulfone groups is 1. The van der Waals surface area contributed by atoms with E-state index in [9.17, 15) is 8.42 Å². The molecule has 0 spiro atoms. The summed E-state index contributed by atoms with van der Waals surface area (Å²) in [6.07, 6.45) is 4.71. The van der Waals surface area contributed by atoms with Crippen LogP contribution in [0.2, 0.25) is 0 Å². The Hall–Kier alpha value is -1.82. The Labute approximate surface area is 106 Å². The molecule has 5 nitrogen and oxygen atoms in total. The van der Waals surface area contributed by atoms with Crippen molar-refractivity contribution in [3.63, 3.8) is 0 Å². The van der Waals surface area contributed by atoms with Gasteiger partial charge >= 0.3 is 0 Å². The minimum absolute atomic E-state index is 0.0817. The molecule has 0 aliphatic heterocycles. The van der Waals surface area contributed by atoms with Crippen LogP contribution < -0.4 is 5.73 Å². The predicted octanol–water partition coefficient (Wildman–Crippen LogP) is 1.18. The summed E-state index contributed by atoms with van der Waals surface area (Å²) in [5.41, 5.74) is 8.35. The number of nitrogen functional groups attached to an aromatic ring is 1. The van der Waals surface area contributed by atoms with Gasteiger partial charge in [0.2, 0.25) is 0 Å². The third-order valence-corrected chi connectivity index (χ3v) is 3.52. The van der Waals surface area contributed by atoms with Crippen molar-refractivity contribution >= 4 is 15.5 Å². The van der Waals surface area contributed by atoms with E-state index < -0.39 is 9.84 Å². The smallest absolute Gasteiger partial charge is 0.149 e. The molecule has 1 aromatic heterocycles. The number of rotatable bonds is 4. The van der Waals surface area contributed by atoms with Crippen molar-refractivity contribution in [2.24, 2.45) is 0 Å². The first kappa shape index (κ1) is 12.6. The summed E-state index contributed by atoms with van der Waals surface area (Å²) in [7, 11) is -2.97. The number of hydrogen-bond acceptors (Lipinski definition) is 4. The molecule has 0 atom stereocenters. The van der Waals surface area contributed by atoms with E-state index in [1.807, 2.05) is 24.3 Å². The fourth-order valence-corrected chi connectivity index (χ4v) is 2.16. The van der Waals surface area contributed by atoms with Gasteiger partial charge < -0.3 is 5.73 Å². The maximum atomic E-state index is 11.1. The van der Waals surface area contributed by atoms with Crippen molar-refractivity contribution in [2.45, 2.75) is 6.54 Å². The Morgan fingerprint density at radius 3 is 2.72 bits per heavy atom. The summed E-state index contributed by atoms with van der Waals surface area (Å²) in [5, 5.41) is 4.13. The first-order valence-corrected chi connectivity index (χ1v) is 7.57. The van der Waals surface area contributed by atoms with Crippen LogP contribution in [0.3, 0.4) is 0 Å². The molecular weight excluding hydrogens is 250 g/mol. The zero-order valence-electron chi connectivity index (χ0n) is 10.1. The third-order valence-electron chi connectivity index (χ3n) is 2.60. The maximum absolute atomic E-state index is 11.1. The van der Waals surface area contributed by atoms with Gasteiger partial charge in [-0.1, -0.05) is 18.2 Å². The van der Waals surface area contributed by atoms with Gasteiger partial charge in [-0.2, -0.15) is 5.10 Å². The van der Waals surface area contributed by atoms with E-state index in [1.165, 1.54) is 6.26 Å². The van der Waals surface area contributed by atoms with Gasteiger partial charge in [-0.15, -0.1) is 0 Å². The molecule has 6 heteroatoms. The summed E-state index contributed by atoms with van der Waals surface area (Å²) >= 11 is 0. The number of anilines is 1. The summed E-state index contributed by atoms with van der Waals surface area (Å²) in [6, 6.07) is 7.50. The van der Waals surface area contributed by atoms with Crippen molar-refractivity contribution in [3.05, 3.63) is 36.7 Å². The maximum Gasteiger partial charge on any atom is 0.149 e. The molecule has 0 radical (unpaired) electrons. The van der Waals surface area contributed by atoms with E-state index in [1.54, 1.807) is 17.1 Å². The number of aromatic nitrogens is 2. The lowest BCUT2D eigenvalue weighted by atomic mass is 10.1. The Balaban J connectivity index is 2.19. The van der Waals surface area contributed by atoms with Crippen LogP contribution in [0.1, 0.15) is 0 Å². The van der Waals surface area contributed by atoms with Gasteiger partial charge in [0.25, 0.3) is 0 Å². The van der Waals surface area contributed by atoms with Gasteiger partial charge in [-0.3, -0.25) is 4.68 Å². The van der Waals surface area contributed by atoms with Gasteiger partial charge in [0.1, 0.15) is 9.84 Å². The highest BCUT2D eigenvalue weighted by atomic mass is 32.2. The number of aryl methyl sites for hydroxylation is 1. The largest absolute Gasteiger partial charge is 0.398 e. The van der Waals surface area contributed by atoms with Crippen LogP contribution in [-0.4, -0.2) is 30.2 Å². The van der Waals surface area contributed by atoms with E-state index in [0.29, 0.717) is 12.2 Å². The Morgan fingerprint density at radius 2 is 2.06 bits per heavy atom. The van der Waals surface area contributed by atoms with Crippen LogP contribution >= 0.6 is 0 Å². The predicted molar refractivity (Wildman–Crippen MR) is 71.8 cm³/mol. The summed E-state index contributed by atoms with van der Waals surface area (Å²) < 4.78 is 23.8. The molecule has 0 saturated heterocycles. The first-order valence-electron chi connectivity index (χ1n) is 5.51. The average molecular weight is 265 g/mol. The van der Waals surface area contributed by atoms with Gasteiger partial charge in [0, 0.05) is 29.3 Å². The second-order valence-corrected chi connectivity index (χ2v) is 6.47. The molecule has 2 aromatic rings. The average Bonchev–Trinajstić information content (AvgIpc) is 2.75. The molecule has 0 aliphatic rings. The molecule has 0 amide bonds. The number of para-hydroxylation sites is 1. The fourth-order valence-electron chi connectivity index (χ4n) is 1.64. The normalized spacial score (nSPS) is 11.6. The Morgan fingerprint density at radius 1 is 1.33 bits per heavy atom. The van der Waals surface area contributed by atoms with Crippen molar-refractivity contribution in [2.75, 3.05) is 17.7 Å². The van der Waals surface area contributed by atoms with E-state index in [0.717, 1.165) is 11.1 Å². The van der Waals surface area contributed by atoms with Crippen molar-refractivity contribution < 1.29 is 8.42 Å². The van der Waals surface area contributed by atoms with E-state index in [4.69, 9.17) is 5.73 Å². The molecule has 0 aliphatic carbocycles. The highest BCUT2D eigenvalue weighted by molar-refractivity contribution is 7.90. The third kappa shape index (κ3) is 3.10. The minimum Gasteiger partial charge on any atom is -0.398 e. The Bertz CT molecular complexity index is 647. The van der Waals surface area contributed by atoms with Crippen LogP contribution in [0, 0.1) is 0 Å². The number of nitrogens with zero attached hydrogens (tertiary/aromatic N) is 2. The van der Waals surface area contributed by atoms with Gasteiger partial charge in [-0.25, -0.2) is 8.42 Å². The molecule has 2 rings (SSSR count). The zero-order chi connectivity index (χ0) is 13.2. The molecule has 96 valence electrons. The highest BCUT2D eigenvalue weighted by Gasteiger charge is 2.07. The molecule has 1 aromatic carbocycles. The van der Waals surface area contributed by atoms with Gasteiger partial charge in [0.15, 0.2) is 0 Å². The Kier molecular flexibility index (Phi) is 3.38. The zero-order valence-corrected chi connectivity index (χ0v) is 10.9. The van der Waals surface area contributed by atoms with E-state index in [-0.39, 0.29) is 5.75 Å². The molecule has 0 saturated carbocycles. The molecule has 2 N–H and O–H groups in total. The number of hydrogen-bond donors (Lipinski definition) is 1. The second kappa shape index (κ2) is 4.81. The van der Waals surface area contributed by atoms with Crippen LogP contribution in [0.15, 0.2) is 36.7 Å².